The van der Waals surface area contributed by atoms with Crippen LogP contribution in [0.3, 0.4) is 0 Å². The van der Waals surface area contributed by atoms with Gasteiger partial charge in [0.1, 0.15) is 5.78 Å². The molecule has 1 rings (SSSR count). The van der Waals surface area contributed by atoms with Crippen LogP contribution in [0.2, 0.25) is 0 Å². The Hall–Kier alpha value is -1.41. The standard InChI is InChI=1S/C8H14O.C4F6O2/c1-7(9)8-5-3-2-4-6-8;5-3(6,7)1(11)2(12)4(8,9)10/h8H,2-6H2,1H3;. The summed E-state index contributed by atoms with van der Waals surface area (Å²) in [5, 5.41) is 0. The van der Waals surface area contributed by atoms with Crippen LogP contribution < -0.4 is 0 Å². The predicted octanol–water partition coefficient (Wildman–Crippen LogP) is 3.40. The fourth-order valence-corrected chi connectivity index (χ4v) is 1.77. The third-order valence-electron chi connectivity index (χ3n) is 2.90. The van der Waals surface area contributed by atoms with Gasteiger partial charge >= 0.3 is 23.9 Å². The van der Waals surface area contributed by atoms with Gasteiger partial charge in [-0.2, -0.15) is 26.3 Å². The van der Waals surface area contributed by atoms with Crippen molar-refractivity contribution in [3.8, 4) is 0 Å². The van der Waals surface area contributed by atoms with Crippen molar-refractivity contribution >= 4 is 17.3 Å². The van der Waals surface area contributed by atoms with Crippen molar-refractivity contribution in [2.24, 2.45) is 5.92 Å². The molecule has 0 aromatic heterocycles. The third kappa shape index (κ3) is 7.24. The molecule has 0 spiro atoms. The van der Waals surface area contributed by atoms with E-state index in [1.165, 1.54) is 19.3 Å². The molecule has 1 aliphatic rings. The molecule has 0 saturated heterocycles. The molecule has 122 valence electrons. The van der Waals surface area contributed by atoms with Crippen molar-refractivity contribution < 1.29 is 40.7 Å². The van der Waals surface area contributed by atoms with Crippen LogP contribution in [-0.4, -0.2) is 29.7 Å². The van der Waals surface area contributed by atoms with Crippen molar-refractivity contribution in [3.05, 3.63) is 0 Å². The largest absolute Gasteiger partial charge is 0.458 e. The molecule has 9 heteroatoms. The van der Waals surface area contributed by atoms with Crippen molar-refractivity contribution in [3.63, 3.8) is 0 Å². The van der Waals surface area contributed by atoms with Crippen LogP contribution in [0.1, 0.15) is 39.0 Å². The minimum absolute atomic E-state index is 0.398. The predicted molar refractivity (Wildman–Crippen MR) is 59.4 cm³/mol. The smallest absolute Gasteiger partial charge is 0.300 e. The maximum absolute atomic E-state index is 11.2. The summed E-state index contributed by atoms with van der Waals surface area (Å²) in [5.74, 6) is -6.00. The van der Waals surface area contributed by atoms with E-state index in [4.69, 9.17) is 0 Å². The van der Waals surface area contributed by atoms with Crippen molar-refractivity contribution in [2.75, 3.05) is 0 Å². The van der Waals surface area contributed by atoms with Crippen LogP contribution in [0.5, 0.6) is 0 Å². The van der Waals surface area contributed by atoms with Gasteiger partial charge in [0.05, 0.1) is 0 Å². The fraction of sp³-hybridized carbons (Fsp3) is 0.750. The lowest BCUT2D eigenvalue weighted by atomic mass is 9.87. The van der Waals surface area contributed by atoms with Gasteiger partial charge in [-0.25, -0.2) is 0 Å². The van der Waals surface area contributed by atoms with Crippen LogP contribution in [0, 0.1) is 5.92 Å². The van der Waals surface area contributed by atoms with E-state index in [1.807, 2.05) is 0 Å². The summed E-state index contributed by atoms with van der Waals surface area (Å²) in [7, 11) is 0. The van der Waals surface area contributed by atoms with E-state index in [2.05, 4.69) is 0 Å². The number of hydrogen-bond acceptors (Lipinski definition) is 3. The van der Waals surface area contributed by atoms with Gasteiger partial charge in [0.15, 0.2) is 0 Å². The van der Waals surface area contributed by atoms with Crippen molar-refractivity contribution in [1.29, 1.82) is 0 Å². The third-order valence-corrected chi connectivity index (χ3v) is 2.90. The first-order chi connectivity index (χ1) is 9.37. The zero-order chi connectivity index (χ0) is 16.8. The van der Waals surface area contributed by atoms with Gasteiger partial charge in [-0.3, -0.25) is 14.4 Å². The molecule has 21 heavy (non-hydrogen) atoms. The second kappa shape index (κ2) is 7.56. The Morgan fingerprint density at radius 2 is 1.10 bits per heavy atom. The van der Waals surface area contributed by atoms with E-state index in [0.29, 0.717) is 11.7 Å². The van der Waals surface area contributed by atoms with Crippen LogP contribution in [0.15, 0.2) is 0 Å². The van der Waals surface area contributed by atoms with E-state index in [9.17, 15) is 40.7 Å². The minimum atomic E-state index is -5.77. The summed E-state index contributed by atoms with van der Waals surface area (Å²) in [6.07, 6.45) is -5.37. The first-order valence-electron chi connectivity index (χ1n) is 6.10. The normalized spacial score (nSPS) is 16.7. The van der Waals surface area contributed by atoms with E-state index in [0.717, 1.165) is 12.8 Å². The van der Waals surface area contributed by atoms with Gasteiger partial charge in [0.25, 0.3) is 0 Å². The van der Waals surface area contributed by atoms with Gasteiger partial charge in [0, 0.05) is 5.92 Å². The van der Waals surface area contributed by atoms with Gasteiger partial charge in [-0.1, -0.05) is 19.3 Å². The van der Waals surface area contributed by atoms with Crippen LogP contribution in [0.25, 0.3) is 0 Å². The number of ketones is 3. The number of hydrogen-bond donors (Lipinski definition) is 0. The molecule has 0 radical (unpaired) electrons. The fourth-order valence-electron chi connectivity index (χ4n) is 1.77. The lowest BCUT2D eigenvalue weighted by Gasteiger charge is -2.17. The van der Waals surface area contributed by atoms with E-state index in [1.54, 1.807) is 6.92 Å². The van der Waals surface area contributed by atoms with Gasteiger partial charge in [-0.05, 0) is 19.8 Å². The first-order valence-corrected chi connectivity index (χ1v) is 6.10. The molecule has 0 atom stereocenters. The molecule has 0 aromatic rings. The Bertz CT molecular complexity index is 367. The summed E-state index contributed by atoms with van der Waals surface area (Å²) in [6, 6.07) is 0. The molecule has 0 bridgehead atoms. The summed E-state index contributed by atoms with van der Waals surface area (Å²) < 4.78 is 67.0. The highest BCUT2D eigenvalue weighted by molar-refractivity contribution is 6.41. The highest BCUT2D eigenvalue weighted by Crippen LogP contribution is 2.24. The number of halogens is 6. The molecule has 3 nitrogen and oxygen atoms in total. The highest BCUT2D eigenvalue weighted by Gasteiger charge is 2.54. The molecule has 1 aliphatic carbocycles. The molecule has 0 aromatic carbocycles. The Balaban J connectivity index is 0.000000394. The summed E-state index contributed by atoms with van der Waals surface area (Å²) in [5.41, 5.74) is 0. The van der Waals surface area contributed by atoms with Gasteiger partial charge < -0.3 is 0 Å². The Morgan fingerprint density at radius 1 is 0.762 bits per heavy atom. The lowest BCUT2D eigenvalue weighted by Crippen LogP contribution is -2.39. The Morgan fingerprint density at radius 3 is 1.29 bits per heavy atom. The molecule has 0 amide bonds. The van der Waals surface area contributed by atoms with Gasteiger partial charge in [0.2, 0.25) is 0 Å². The average Bonchev–Trinajstić information content (AvgIpc) is 2.36. The number of carbonyl (C=O) groups is 3. The van der Waals surface area contributed by atoms with Crippen LogP contribution >= 0.6 is 0 Å². The maximum atomic E-state index is 11.2. The molecule has 0 unspecified atom stereocenters. The first kappa shape index (κ1) is 19.6. The molecular formula is C12H14F6O3. The number of Topliss-reactive ketones (excluding diaryl/α,β-unsaturated/α-hetero) is 3. The Kier molecular flexibility index (Phi) is 7.05. The van der Waals surface area contributed by atoms with Crippen LogP contribution in [-0.2, 0) is 14.4 Å². The highest BCUT2D eigenvalue weighted by atomic mass is 19.4. The summed E-state index contributed by atoms with van der Waals surface area (Å²) >= 11 is 0. The Labute approximate surface area is 116 Å². The SMILES string of the molecule is CC(=O)C1CCCCC1.O=C(C(=O)C(F)(F)F)C(F)(F)F. The summed E-state index contributed by atoms with van der Waals surface area (Å²) in [6.45, 7) is 1.72. The number of alkyl halides is 6. The maximum Gasteiger partial charge on any atom is 0.458 e. The second-order valence-electron chi connectivity index (χ2n) is 4.60. The molecular weight excluding hydrogens is 306 g/mol. The van der Waals surface area contributed by atoms with Crippen molar-refractivity contribution in [1.82, 2.24) is 0 Å². The van der Waals surface area contributed by atoms with E-state index < -0.39 is 23.9 Å². The van der Waals surface area contributed by atoms with Gasteiger partial charge in [-0.15, -0.1) is 0 Å². The number of carbonyl (C=O) groups excluding carboxylic acids is 3. The number of rotatable bonds is 2. The summed E-state index contributed by atoms with van der Waals surface area (Å²) in [4.78, 5) is 30.0. The monoisotopic (exact) mass is 320 g/mol. The molecule has 1 saturated carbocycles. The molecule has 0 N–H and O–H groups in total. The topological polar surface area (TPSA) is 51.2 Å². The minimum Gasteiger partial charge on any atom is -0.300 e. The lowest BCUT2D eigenvalue weighted by molar-refractivity contribution is -0.193. The van der Waals surface area contributed by atoms with Crippen LogP contribution in [0.4, 0.5) is 26.3 Å². The zero-order valence-corrected chi connectivity index (χ0v) is 11.1. The molecule has 0 heterocycles. The molecule has 0 aliphatic heterocycles. The zero-order valence-electron chi connectivity index (χ0n) is 11.1. The van der Waals surface area contributed by atoms with E-state index in [-0.39, 0.29) is 0 Å². The molecule has 1 fully saturated rings. The average molecular weight is 320 g/mol. The van der Waals surface area contributed by atoms with E-state index >= 15 is 0 Å². The quantitative estimate of drug-likeness (QED) is 0.579. The van der Waals surface area contributed by atoms with Crippen molar-refractivity contribution in [2.45, 2.75) is 51.4 Å². The second-order valence-corrected chi connectivity index (χ2v) is 4.60.